The lowest BCUT2D eigenvalue weighted by Crippen LogP contribution is -2.33. The molecule has 0 N–H and O–H groups in total. The van der Waals surface area contributed by atoms with Crippen LogP contribution in [-0.4, -0.2) is 24.4 Å². The van der Waals surface area contributed by atoms with Gasteiger partial charge < -0.3 is 9.47 Å². The molecule has 3 fully saturated rings. The van der Waals surface area contributed by atoms with E-state index in [0.29, 0.717) is 12.2 Å². The maximum atomic E-state index is 5.80. The van der Waals surface area contributed by atoms with Gasteiger partial charge in [0.05, 0.1) is 17.8 Å². The van der Waals surface area contributed by atoms with Crippen LogP contribution in [0.3, 0.4) is 0 Å². The fourth-order valence-corrected chi connectivity index (χ4v) is 2.60. The first-order valence-corrected chi connectivity index (χ1v) is 4.67. The predicted molar refractivity (Wildman–Crippen MR) is 40.4 cm³/mol. The minimum absolute atomic E-state index is 0.262. The normalized spacial score (nSPS) is 54.5. The molecule has 0 aromatic heterocycles. The standard InChI is InChI=1S/C9H14O2/c1-3-9(10-5-1)4-2-7-8(6-9)11-7/h7-8H,1-6H2/t7-,8+,9-/m1/s1. The first kappa shape index (κ1) is 6.44. The molecule has 2 heterocycles. The predicted octanol–water partition coefficient (Wildman–Crippen LogP) is 1.49. The molecule has 0 aromatic carbocycles. The Balaban J connectivity index is 1.76. The molecule has 0 unspecified atom stereocenters. The number of epoxide rings is 1. The number of ether oxygens (including phenoxy) is 2. The molecule has 3 atom stereocenters. The molecule has 0 bridgehead atoms. The second-order valence-corrected chi connectivity index (χ2v) is 4.09. The lowest BCUT2D eigenvalue weighted by molar-refractivity contribution is -0.0192. The molecule has 2 aliphatic heterocycles. The van der Waals surface area contributed by atoms with Crippen LogP contribution >= 0.6 is 0 Å². The molecule has 3 rings (SSSR count). The summed E-state index contributed by atoms with van der Waals surface area (Å²) in [6, 6.07) is 0. The van der Waals surface area contributed by atoms with E-state index in [0.717, 1.165) is 6.61 Å². The molecule has 0 amide bonds. The van der Waals surface area contributed by atoms with Crippen molar-refractivity contribution < 1.29 is 9.47 Å². The van der Waals surface area contributed by atoms with E-state index >= 15 is 0 Å². The van der Waals surface area contributed by atoms with Gasteiger partial charge in [0.25, 0.3) is 0 Å². The maximum absolute atomic E-state index is 5.80. The molecule has 1 saturated carbocycles. The summed E-state index contributed by atoms with van der Waals surface area (Å²) in [7, 11) is 0. The van der Waals surface area contributed by atoms with E-state index in [9.17, 15) is 0 Å². The van der Waals surface area contributed by atoms with Gasteiger partial charge in [-0.25, -0.2) is 0 Å². The quantitative estimate of drug-likeness (QED) is 0.493. The summed E-state index contributed by atoms with van der Waals surface area (Å²) in [6.45, 7) is 0.984. The third-order valence-corrected chi connectivity index (χ3v) is 3.33. The van der Waals surface area contributed by atoms with Crippen LogP contribution in [0.2, 0.25) is 0 Å². The van der Waals surface area contributed by atoms with E-state index in [1.54, 1.807) is 0 Å². The van der Waals surface area contributed by atoms with Crippen LogP contribution in [0.5, 0.6) is 0 Å². The Labute approximate surface area is 66.9 Å². The van der Waals surface area contributed by atoms with Crippen LogP contribution in [0, 0.1) is 0 Å². The van der Waals surface area contributed by atoms with Crippen LogP contribution < -0.4 is 0 Å². The molecule has 0 radical (unpaired) electrons. The number of hydrogen-bond acceptors (Lipinski definition) is 2. The van der Waals surface area contributed by atoms with Gasteiger partial charge in [0.1, 0.15) is 0 Å². The second kappa shape index (κ2) is 1.99. The summed E-state index contributed by atoms with van der Waals surface area (Å²) < 4.78 is 11.3. The first-order valence-electron chi connectivity index (χ1n) is 4.67. The Morgan fingerprint density at radius 3 is 2.91 bits per heavy atom. The summed E-state index contributed by atoms with van der Waals surface area (Å²) in [5.74, 6) is 0. The molecular formula is C9H14O2. The Morgan fingerprint density at radius 1 is 1.18 bits per heavy atom. The van der Waals surface area contributed by atoms with Crippen LogP contribution in [0.25, 0.3) is 0 Å². The van der Waals surface area contributed by atoms with Crippen molar-refractivity contribution in [1.82, 2.24) is 0 Å². The van der Waals surface area contributed by atoms with Gasteiger partial charge in [-0.15, -0.1) is 0 Å². The van der Waals surface area contributed by atoms with E-state index in [1.165, 1.54) is 32.1 Å². The highest BCUT2D eigenvalue weighted by atomic mass is 16.6. The molecule has 62 valence electrons. The maximum Gasteiger partial charge on any atom is 0.0869 e. The topological polar surface area (TPSA) is 21.8 Å². The molecule has 0 aromatic rings. The van der Waals surface area contributed by atoms with Crippen molar-refractivity contribution >= 4 is 0 Å². The van der Waals surface area contributed by atoms with Crippen molar-refractivity contribution in [2.24, 2.45) is 0 Å². The molecule has 1 aliphatic carbocycles. The lowest BCUT2D eigenvalue weighted by Gasteiger charge is -2.29. The summed E-state index contributed by atoms with van der Waals surface area (Å²) in [6.07, 6.45) is 7.39. The van der Waals surface area contributed by atoms with Crippen molar-refractivity contribution in [1.29, 1.82) is 0 Å². The van der Waals surface area contributed by atoms with E-state index in [2.05, 4.69) is 0 Å². The van der Waals surface area contributed by atoms with Crippen molar-refractivity contribution in [2.75, 3.05) is 6.61 Å². The highest BCUT2D eigenvalue weighted by Crippen LogP contribution is 2.47. The highest BCUT2D eigenvalue weighted by molar-refractivity contribution is 5.01. The van der Waals surface area contributed by atoms with Crippen molar-refractivity contribution in [3.63, 3.8) is 0 Å². The smallest absolute Gasteiger partial charge is 0.0869 e. The Morgan fingerprint density at radius 2 is 2.18 bits per heavy atom. The Bertz CT molecular complexity index is 172. The van der Waals surface area contributed by atoms with Crippen molar-refractivity contribution in [3.8, 4) is 0 Å². The van der Waals surface area contributed by atoms with E-state index in [-0.39, 0.29) is 5.60 Å². The van der Waals surface area contributed by atoms with Gasteiger partial charge in [0.15, 0.2) is 0 Å². The van der Waals surface area contributed by atoms with Crippen LogP contribution in [0.4, 0.5) is 0 Å². The SMILES string of the molecule is C1CO[C@]2(C1)CC[C@H]1O[C@H]1C2. The number of rotatable bonds is 0. The molecule has 3 aliphatic rings. The zero-order chi connectivity index (χ0) is 7.31. The van der Waals surface area contributed by atoms with Gasteiger partial charge >= 0.3 is 0 Å². The van der Waals surface area contributed by atoms with Gasteiger partial charge in [-0.1, -0.05) is 0 Å². The van der Waals surface area contributed by atoms with Gasteiger partial charge in [-0.3, -0.25) is 0 Å². The first-order chi connectivity index (χ1) is 5.38. The van der Waals surface area contributed by atoms with Crippen LogP contribution in [0.15, 0.2) is 0 Å². The summed E-state index contributed by atoms with van der Waals surface area (Å²) >= 11 is 0. The average molecular weight is 154 g/mol. The molecule has 2 nitrogen and oxygen atoms in total. The van der Waals surface area contributed by atoms with Gasteiger partial charge in [0.2, 0.25) is 0 Å². The van der Waals surface area contributed by atoms with E-state index in [1.807, 2.05) is 0 Å². The van der Waals surface area contributed by atoms with Gasteiger partial charge in [-0.2, -0.15) is 0 Å². The molecule has 1 spiro atoms. The second-order valence-electron chi connectivity index (χ2n) is 4.09. The van der Waals surface area contributed by atoms with Crippen LogP contribution in [0.1, 0.15) is 32.1 Å². The third kappa shape index (κ3) is 0.926. The lowest BCUT2D eigenvalue weighted by atomic mass is 9.83. The van der Waals surface area contributed by atoms with Gasteiger partial charge in [0, 0.05) is 13.0 Å². The van der Waals surface area contributed by atoms with Crippen LogP contribution in [-0.2, 0) is 9.47 Å². The van der Waals surface area contributed by atoms with E-state index < -0.39 is 0 Å². The summed E-state index contributed by atoms with van der Waals surface area (Å²) in [4.78, 5) is 0. The largest absolute Gasteiger partial charge is 0.375 e. The van der Waals surface area contributed by atoms with Crippen molar-refractivity contribution in [3.05, 3.63) is 0 Å². The average Bonchev–Trinajstić information content (AvgIpc) is 2.63. The highest BCUT2D eigenvalue weighted by Gasteiger charge is 2.52. The minimum Gasteiger partial charge on any atom is -0.375 e. The molecule has 11 heavy (non-hydrogen) atoms. The van der Waals surface area contributed by atoms with Crippen molar-refractivity contribution in [2.45, 2.75) is 49.9 Å². The fourth-order valence-electron chi connectivity index (χ4n) is 2.60. The fraction of sp³-hybridized carbons (Fsp3) is 1.00. The number of fused-ring (bicyclic) bond motifs is 1. The summed E-state index contributed by atoms with van der Waals surface area (Å²) in [5, 5.41) is 0. The zero-order valence-electron chi connectivity index (χ0n) is 6.71. The Kier molecular flexibility index (Phi) is 1.16. The van der Waals surface area contributed by atoms with E-state index in [4.69, 9.17) is 9.47 Å². The molecule has 2 saturated heterocycles. The minimum atomic E-state index is 0.262. The molecular weight excluding hydrogens is 140 g/mol. The third-order valence-electron chi connectivity index (χ3n) is 3.33. The number of hydrogen-bond donors (Lipinski definition) is 0. The molecule has 2 heteroatoms. The monoisotopic (exact) mass is 154 g/mol. The Hall–Kier alpha value is -0.0800. The van der Waals surface area contributed by atoms with Gasteiger partial charge in [-0.05, 0) is 25.7 Å². The zero-order valence-corrected chi connectivity index (χ0v) is 6.71. The summed E-state index contributed by atoms with van der Waals surface area (Å²) in [5.41, 5.74) is 0.262.